The standard InChI is InChI=1S/C14H18ClN3OS/c1-17-6-3-7-18(2)14(19)13-12(16)10-5-4-9(15)8-11(10)20-13/h4-5,8,17H,3,6-7,16H2,1-2H3. The molecule has 0 aliphatic carbocycles. The molecule has 0 aliphatic heterocycles. The Hall–Kier alpha value is -1.30. The Bertz CT molecular complexity index is 626. The van der Waals surface area contributed by atoms with Gasteiger partial charge in [0.05, 0.1) is 5.69 Å². The fraction of sp³-hybridized carbons (Fsp3) is 0.357. The lowest BCUT2D eigenvalue weighted by atomic mass is 10.2. The van der Waals surface area contributed by atoms with Crippen LogP contribution >= 0.6 is 22.9 Å². The normalized spacial score (nSPS) is 10.9. The molecule has 6 heteroatoms. The highest BCUT2D eigenvalue weighted by atomic mass is 35.5. The predicted octanol–water partition coefficient (Wildman–Crippen LogP) is 2.82. The van der Waals surface area contributed by atoms with Gasteiger partial charge in [-0.3, -0.25) is 4.79 Å². The first-order chi connectivity index (χ1) is 9.54. The van der Waals surface area contributed by atoms with Crippen LogP contribution in [0.4, 0.5) is 5.69 Å². The summed E-state index contributed by atoms with van der Waals surface area (Å²) in [5.74, 6) is -0.0316. The molecule has 0 aliphatic rings. The van der Waals surface area contributed by atoms with Gasteiger partial charge in [0.1, 0.15) is 4.88 Å². The Labute approximate surface area is 127 Å². The summed E-state index contributed by atoms with van der Waals surface area (Å²) in [5, 5.41) is 4.61. The number of nitrogens with one attached hydrogen (secondary N) is 1. The van der Waals surface area contributed by atoms with Crippen molar-refractivity contribution in [3.63, 3.8) is 0 Å². The Morgan fingerprint density at radius 2 is 2.25 bits per heavy atom. The van der Waals surface area contributed by atoms with Crippen molar-refractivity contribution in [3.05, 3.63) is 28.1 Å². The second-order valence-corrected chi connectivity index (χ2v) is 6.16. The van der Waals surface area contributed by atoms with Crippen LogP contribution in [0, 0.1) is 0 Å². The highest BCUT2D eigenvalue weighted by molar-refractivity contribution is 7.21. The summed E-state index contributed by atoms with van der Waals surface area (Å²) in [4.78, 5) is 14.7. The van der Waals surface area contributed by atoms with Crippen LogP contribution in [0.25, 0.3) is 10.1 Å². The van der Waals surface area contributed by atoms with E-state index in [0.717, 1.165) is 23.1 Å². The lowest BCUT2D eigenvalue weighted by molar-refractivity contribution is 0.0799. The summed E-state index contributed by atoms with van der Waals surface area (Å²) < 4.78 is 0.946. The van der Waals surface area contributed by atoms with Crippen LogP contribution in [0.15, 0.2) is 18.2 Å². The zero-order valence-corrected chi connectivity index (χ0v) is 13.1. The number of thiophene rings is 1. The number of nitrogen functional groups attached to an aromatic ring is 1. The lowest BCUT2D eigenvalue weighted by Gasteiger charge is -2.16. The molecular formula is C14H18ClN3OS. The number of nitrogens with zero attached hydrogens (tertiary/aromatic N) is 1. The summed E-state index contributed by atoms with van der Waals surface area (Å²) in [5.41, 5.74) is 6.64. The van der Waals surface area contributed by atoms with Crippen molar-refractivity contribution in [1.82, 2.24) is 10.2 Å². The van der Waals surface area contributed by atoms with Crippen molar-refractivity contribution < 1.29 is 4.79 Å². The van der Waals surface area contributed by atoms with Gasteiger partial charge < -0.3 is 16.0 Å². The molecule has 0 radical (unpaired) electrons. The molecule has 0 spiro atoms. The third-order valence-corrected chi connectivity index (χ3v) is 4.54. The third-order valence-electron chi connectivity index (χ3n) is 3.15. The third kappa shape index (κ3) is 3.06. The number of nitrogens with two attached hydrogens (primary N) is 1. The average Bonchev–Trinajstić information content (AvgIpc) is 2.74. The van der Waals surface area contributed by atoms with E-state index < -0.39 is 0 Å². The minimum atomic E-state index is -0.0316. The molecular weight excluding hydrogens is 294 g/mol. The second kappa shape index (κ2) is 6.43. The molecule has 1 amide bonds. The number of hydrogen-bond acceptors (Lipinski definition) is 4. The van der Waals surface area contributed by atoms with E-state index in [0.29, 0.717) is 22.1 Å². The minimum Gasteiger partial charge on any atom is -0.397 e. The van der Waals surface area contributed by atoms with Crippen molar-refractivity contribution in [2.45, 2.75) is 6.42 Å². The monoisotopic (exact) mass is 311 g/mol. The first-order valence-electron chi connectivity index (χ1n) is 6.42. The molecule has 0 bridgehead atoms. The Balaban J connectivity index is 2.23. The van der Waals surface area contributed by atoms with Gasteiger partial charge in [-0.15, -0.1) is 11.3 Å². The summed E-state index contributed by atoms with van der Waals surface area (Å²) in [6.07, 6.45) is 0.912. The number of fused-ring (bicyclic) bond motifs is 1. The smallest absolute Gasteiger partial charge is 0.265 e. The van der Waals surface area contributed by atoms with Crippen molar-refractivity contribution in [1.29, 1.82) is 0 Å². The van der Waals surface area contributed by atoms with E-state index in [2.05, 4.69) is 5.32 Å². The Morgan fingerprint density at radius 3 is 2.95 bits per heavy atom. The van der Waals surface area contributed by atoms with Gasteiger partial charge in [-0.25, -0.2) is 0 Å². The van der Waals surface area contributed by atoms with E-state index in [1.807, 2.05) is 19.2 Å². The van der Waals surface area contributed by atoms with Crippen molar-refractivity contribution in [2.24, 2.45) is 0 Å². The van der Waals surface area contributed by atoms with E-state index in [9.17, 15) is 4.79 Å². The van der Waals surface area contributed by atoms with Gasteiger partial charge in [0.2, 0.25) is 0 Å². The Kier molecular flexibility index (Phi) is 4.86. The Morgan fingerprint density at radius 1 is 1.50 bits per heavy atom. The summed E-state index contributed by atoms with van der Waals surface area (Å²) >= 11 is 7.37. The van der Waals surface area contributed by atoms with E-state index >= 15 is 0 Å². The lowest BCUT2D eigenvalue weighted by Crippen LogP contribution is -2.29. The maximum atomic E-state index is 12.4. The van der Waals surface area contributed by atoms with E-state index in [4.69, 9.17) is 17.3 Å². The molecule has 0 saturated carbocycles. The van der Waals surface area contributed by atoms with Gasteiger partial charge in [0, 0.05) is 28.7 Å². The number of rotatable bonds is 5. The van der Waals surface area contributed by atoms with Gasteiger partial charge in [-0.1, -0.05) is 11.6 Å². The van der Waals surface area contributed by atoms with Gasteiger partial charge in [0.15, 0.2) is 0 Å². The van der Waals surface area contributed by atoms with E-state index in [-0.39, 0.29) is 5.91 Å². The van der Waals surface area contributed by atoms with E-state index in [1.54, 1.807) is 18.0 Å². The molecule has 1 heterocycles. The maximum absolute atomic E-state index is 12.4. The fourth-order valence-electron chi connectivity index (χ4n) is 2.02. The molecule has 2 aromatic rings. The topological polar surface area (TPSA) is 58.4 Å². The molecule has 1 aromatic heterocycles. The first kappa shape index (κ1) is 15.1. The van der Waals surface area contributed by atoms with Crippen LogP contribution in [0.2, 0.25) is 5.02 Å². The SMILES string of the molecule is CNCCCN(C)C(=O)c1sc2cc(Cl)ccc2c1N. The molecule has 0 unspecified atom stereocenters. The first-order valence-corrected chi connectivity index (χ1v) is 7.61. The molecule has 3 N–H and O–H groups in total. The number of hydrogen-bond donors (Lipinski definition) is 2. The molecule has 4 nitrogen and oxygen atoms in total. The summed E-state index contributed by atoms with van der Waals surface area (Å²) in [6.45, 7) is 1.59. The summed E-state index contributed by atoms with van der Waals surface area (Å²) in [6, 6.07) is 5.49. The van der Waals surface area contributed by atoms with Gasteiger partial charge >= 0.3 is 0 Å². The number of carbonyl (C=O) groups excluding carboxylic acids is 1. The highest BCUT2D eigenvalue weighted by Crippen LogP contribution is 2.35. The van der Waals surface area contributed by atoms with Gasteiger partial charge in [-0.05, 0) is 38.2 Å². The maximum Gasteiger partial charge on any atom is 0.265 e. The summed E-state index contributed by atoms with van der Waals surface area (Å²) in [7, 11) is 3.70. The molecule has 2 rings (SSSR count). The number of amides is 1. The molecule has 0 atom stereocenters. The number of carbonyl (C=O) groups is 1. The number of benzene rings is 1. The number of halogens is 1. The molecule has 0 fully saturated rings. The van der Waals surface area contributed by atoms with Gasteiger partial charge in [0.25, 0.3) is 5.91 Å². The molecule has 0 saturated heterocycles. The van der Waals surface area contributed by atoms with Crippen LogP contribution in [-0.4, -0.2) is 38.0 Å². The molecule has 108 valence electrons. The largest absolute Gasteiger partial charge is 0.397 e. The molecule has 20 heavy (non-hydrogen) atoms. The predicted molar refractivity (Wildman–Crippen MR) is 86.8 cm³/mol. The zero-order valence-electron chi connectivity index (χ0n) is 11.6. The zero-order chi connectivity index (χ0) is 14.7. The van der Waals surface area contributed by atoms with Crippen LogP contribution in [0.3, 0.4) is 0 Å². The second-order valence-electron chi connectivity index (χ2n) is 4.67. The van der Waals surface area contributed by atoms with Crippen molar-refractivity contribution in [2.75, 3.05) is 32.9 Å². The van der Waals surface area contributed by atoms with Crippen LogP contribution in [0.5, 0.6) is 0 Å². The van der Waals surface area contributed by atoms with Crippen LogP contribution in [-0.2, 0) is 0 Å². The van der Waals surface area contributed by atoms with Crippen LogP contribution in [0.1, 0.15) is 16.1 Å². The molecule has 1 aromatic carbocycles. The quantitative estimate of drug-likeness (QED) is 0.835. The number of anilines is 1. The van der Waals surface area contributed by atoms with Crippen molar-refractivity contribution >= 4 is 44.6 Å². The highest BCUT2D eigenvalue weighted by Gasteiger charge is 2.19. The average molecular weight is 312 g/mol. The minimum absolute atomic E-state index is 0.0316. The van der Waals surface area contributed by atoms with Crippen LogP contribution < -0.4 is 11.1 Å². The van der Waals surface area contributed by atoms with Crippen molar-refractivity contribution in [3.8, 4) is 0 Å². The fourth-order valence-corrected chi connectivity index (χ4v) is 3.41. The van der Waals surface area contributed by atoms with Gasteiger partial charge in [-0.2, -0.15) is 0 Å². The van der Waals surface area contributed by atoms with E-state index in [1.165, 1.54) is 11.3 Å².